The molecule has 7 nitrogen and oxygen atoms in total. The van der Waals surface area contributed by atoms with Gasteiger partial charge in [-0.05, 0) is 25.5 Å². The van der Waals surface area contributed by atoms with Gasteiger partial charge in [-0.15, -0.1) is 0 Å². The third-order valence-electron chi connectivity index (χ3n) is 2.65. The number of nitrogens with one attached hydrogen (secondary N) is 1. The number of rotatable bonds is 7. The zero-order valence-electron chi connectivity index (χ0n) is 10.5. The fourth-order valence-electron chi connectivity index (χ4n) is 1.65. The second kappa shape index (κ2) is 6.58. The molecule has 19 heavy (non-hydrogen) atoms. The molecule has 0 spiro atoms. The van der Waals surface area contributed by atoms with Crippen molar-refractivity contribution in [2.75, 3.05) is 0 Å². The molecule has 0 bridgehead atoms. The molecular formula is C12H16N2O5. The largest absolute Gasteiger partial charge is 0.481 e. The molecule has 0 fully saturated rings. The average Bonchev–Trinajstić information content (AvgIpc) is 2.81. The van der Waals surface area contributed by atoms with Crippen LogP contribution in [0.25, 0.3) is 0 Å². The Hall–Kier alpha value is -2.31. The molecule has 0 saturated carbocycles. The van der Waals surface area contributed by atoms with Gasteiger partial charge in [0.1, 0.15) is 11.7 Å². The zero-order valence-corrected chi connectivity index (χ0v) is 10.5. The third-order valence-corrected chi connectivity index (χ3v) is 2.65. The first-order valence-electron chi connectivity index (χ1n) is 5.86. The highest BCUT2D eigenvalue weighted by molar-refractivity contribution is 5.95. The molecule has 104 valence electrons. The van der Waals surface area contributed by atoms with Crippen LogP contribution in [0.4, 0.5) is 0 Å². The van der Waals surface area contributed by atoms with Crippen molar-refractivity contribution < 1.29 is 24.6 Å². The second-order valence-electron chi connectivity index (χ2n) is 3.98. The lowest BCUT2D eigenvalue weighted by Crippen LogP contribution is -2.41. The van der Waals surface area contributed by atoms with Crippen molar-refractivity contribution in [3.63, 3.8) is 0 Å². The van der Waals surface area contributed by atoms with Gasteiger partial charge < -0.3 is 20.1 Å². The van der Waals surface area contributed by atoms with E-state index in [9.17, 15) is 14.4 Å². The number of hydrogen-bond donors (Lipinski definition) is 3. The minimum absolute atomic E-state index is 0.150. The summed E-state index contributed by atoms with van der Waals surface area (Å²) in [5.41, 5.74) is 0.351. The number of aliphatic carboxylic acids is 2. The minimum atomic E-state index is -1.25. The Bertz CT molecular complexity index is 480. The molecule has 7 heteroatoms. The van der Waals surface area contributed by atoms with Gasteiger partial charge in [-0.1, -0.05) is 0 Å². The van der Waals surface area contributed by atoms with Crippen LogP contribution in [0.2, 0.25) is 0 Å². The van der Waals surface area contributed by atoms with Crippen molar-refractivity contribution in [2.24, 2.45) is 0 Å². The third kappa shape index (κ3) is 4.13. The van der Waals surface area contributed by atoms with Crippen LogP contribution in [0.15, 0.2) is 18.3 Å². The highest BCUT2D eigenvalue weighted by Crippen LogP contribution is 2.05. The zero-order chi connectivity index (χ0) is 14.4. The van der Waals surface area contributed by atoms with E-state index in [0.717, 1.165) is 0 Å². The fourth-order valence-corrected chi connectivity index (χ4v) is 1.65. The standard InChI is InChI=1S/C12H16N2O5/c1-2-14-7-3-4-9(14)11(17)13-8(12(18)19)5-6-10(15)16/h3-4,7-8H,2,5-6H2,1H3,(H,13,17)(H,15,16)(H,18,19)/t8-/m0/s1. The van der Waals surface area contributed by atoms with Crippen molar-refractivity contribution in [3.8, 4) is 0 Å². The summed E-state index contributed by atoms with van der Waals surface area (Å²) in [6.45, 7) is 2.44. The Labute approximate surface area is 109 Å². The van der Waals surface area contributed by atoms with Gasteiger partial charge in [-0.3, -0.25) is 9.59 Å². The van der Waals surface area contributed by atoms with E-state index >= 15 is 0 Å². The van der Waals surface area contributed by atoms with E-state index in [1.807, 2.05) is 6.92 Å². The molecule has 1 rings (SSSR count). The number of carboxylic acid groups (broad SMARTS) is 2. The predicted molar refractivity (Wildman–Crippen MR) is 65.9 cm³/mol. The van der Waals surface area contributed by atoms with E-state index in [1.54, 1.807) is 22.9 Å². The number of amides is 1. The van der Waals surface area contributed by atoms with Gasteiger partial charge in [0.15, 0.2) is 0 Å². The van der Waals surface area contributed by atoms with Gasteiger partial charge in [0, 0.05) is 19.2 Å². The first-order chi connectivity index (χ1) is 8.95. The molecule has 0 aliphatic rings. The molecule has 1 heterocycles. The molecule has 0 unspecified atom stereocenters. The summed E-state index contributed by atoms with van der Waals surface area (Å²) in [7, 11) is 0. The van der Waals surface area contributed by atoms with Crippen molar-refractivity contribution in [1.29, 1.82) is 0 Å². The summed E-state index contributed by atoms with van der Waals surface area (Å²) in [5, 5.41) is 19.8. The number of aryl methyl sites for hydroxylation is 1. The number of nitrogens with zero attached hydrogens (tertiary/aromatic N) is 1. The van der Waals surface area contributed by atoms with E-state index < -0.39 is 23.9 Å². The van der Waals surface area contributed by atoms with E-state index in [4.69, 9.17) is 10.2 Å². The number of aromatic nitrogens is 1. The SMILES string of the molecule is CCn1cccc1C(=O)N[C@@H](CCC(=O)O)C(=O)O. The van der Waals surface area contributed by atoms with Crippen molar-refractivity contribution in [1.82, 2.24) is 9.88 Å². The molecule has 1 aromatic heterocycles. The fraction of sp³-hybridized carbons (Fsp3) is 0.417. The number of hydrogen-bond acceptors (Lipinski definition) is 3. The van der Waals surface area contributed by atoms with Gasteiger partial charge in [0.25, 0.3) is 5.91 Å². The first kappa shape index (κ1) is 14.7. The summed E-state index contributed by atoms with van der Waals surface area (Å²) in [5.74, 6) is -2.87. The lowest BCUT2D eigenvalue weighted by molar-refractivity contribution is -0.140. The monoisotopic (exact) mass is 268 g/mol. The van der Waals surface area contributed by atoms with Crippen molar-refractivity contribution in [2.45, 2.75) is 32.4 Å². The van der Waals surface area contributed by atoms with Crippen LogP contribution >= 0.6 is 0 Å². The molecule has 0 saturated heterocycles. The molecule has 1 atom stereocenters. The second-order valence-corrected chi connectivity index (χ2v) is 3.98. The van der Waals surface area contributed by atoms with Gasteiger partial charge in [0.05, 0.1) is 0 Å². The molecule has 0 radical (unpaired) electrons. The predicted octanol–water partition coefficient (Wildman–Crippen LogP) is 0.556. The van der Waals surface area contributed by atoms with Crippen LogP contribution in [0.5, 0.6) is 0 Å². The minimum Gasteiger partial charge on any atom is -0.481 e. The maximum atomic E-state index is 11.9. The lowest BCUT2D eigenvalue weighted by Gasteiger charge is -2.14. The van der Waals surface area contributed by atoms with Crippen LogP contribution in [0, 0.1) is 0 Å². The van der Waals surface area contributed by atoms with E-state index in [2.05, 4.69) is 5.32 Å². The topological polar surface area (TPSA) is 109 Å². The maximum absolute atomic E-state index is 11.9. The Morgan fingerprint density at radius 3 is 2.58 bits per heavy atom. The summed E-state index contributed by atoms with van der Waals surface area (Å²) in [4.78, 5) is 33.3. The Balaban J connectivity index is 2.71. The summed E-state index contributed by atoms with van der Waals surface area (Å²) >= 11 is 0. The normalized spacial score (nSPS) is 11.8. The van der Waals surface area contributed by atoms with Gasteiger partial charge in [-0.2, -0.15) is 0 Å². The molecule has 1 amide bonds. The lowest BCUT2D eigenvalue weighted by atomic mass is 10.1. The smallest absolute Gasteiger partial charge is 0.326 e. The molecule has 3 N–H and O–H groups in total. The van der Waals surface area contributed by atoms with Crippen molar-refractivity contribution in [3.05, 3.63) is 24.0 Å². The quantitative estimate of drug-likeness (QED) is 0.669. The first-order valence-corrected chi connectivity index (χ1v) is 5.86. The number of carboxylic acids is 2. The van der Waals surface area contributed by atoms with Crippen LogP contribution < -0.4 is 5.32 Å². The highest BCUT2D eigenvalue weighted by Gasteiger charge is 2.22. The molecule has 0 aromatic carbocycles. The Kier molecular flexibility index (Phi) is 5.11. The number of carbonyl (C=O) groups is 3. The van der Waals surface area contributed by atoms with Crippen LogP contribution in [-0.4, -0.2) is 38.7 Å². The van der Waals surface area contributed by atoms with Gasteiger partial charge >= 0.3 is 11.9 Å². The van der Waals surface area contributed by atoms with Crippen LogP contribution in [0.3, 0.4) is 0 Å². The van der Waals surface area contributed by atoms with Crippen molar-refractivity contribution >= 4 is 17.8 Å². The average molecular weight is 268 g/mol. The molecule has 0 aliphatic heterocycles. The van der Waals surface area contributed by atoms with E-state index in [0.29, 0.717) is 12.2 Å². The highest BCUT2D eigenvalue weighted by atomic mass is 16.4. The molecule has 1 aromatic rings. The van der Waals surface area contributed by atoms with Gasteiger partial charge in [0.2, 0.25) is 0 Å². The van der Waals surface area contributed by atoms with E-state index in [-0.39, 0.29) is 12.8 Å². The maximum Gasteiger partial charge on any atom is 0.326 e. The summed E-state index contributed by atoms with van der Waals surface area (Å²) in [6.07, 6.45) is 1.25. The molecular weight excluding hydrogens is 252 g/mol. The van der Waals surface area contributed by atoms with Crippen LogP contribution in [0.1, 0.15) is 30.3 Å². The summed E-state index contributed by atoms with van der Waals surface area (Å²) in [6, 6.07) is 2.06. The van der Waals surface area contributed by atoms with E-state index in [1.165, 1.54) is 0 Å². The molecule has 0 aliphatic carbocycles. The number of carbonyl (C=O) groups excluding carboxylic acids is 1. The summed E-state index contributed by atoms with van der Waals surface area (Å²) < 4.78 is 1.67. The Morgan fingerprint density at radius 2 is 2.05 bits per heavy atom. The Morgan fingerprint density at radius 1 is 1.37 bits per heavy atom. The van der Waals surface area contributed by atoms with Crippen LogP contribution in [-0.2, 0) is 16.1 Å². The van der Waals surface area contributed by atoms with Gasteiger partial charge in [-0.25, -0.2) is 4.79 Å².